The first-order valence-electron chi connectivity index (χ1n) is 9.12. The summed E-state index contributed by atoms with van der Waals surface area (Å²) in [6.45, 7) is 2.52. The average Bonchev–Trinajstić information content (AvgIpc) is 3.18. The number of carbonyl (C=O) groups is 1. The van der Waals surface area contributed by atoms with E-state index in [4.69, 9.17) is 0 Å². The first-order chi connectivity index (χ1) is 13.7. The smallest absolute Gasteiger partial charge is 0.280 e. The molecule has 0 aliphatic carbocycles. The van der Waals surface area contributed by atoms with E-state index in [-0.39, 0.29) is 5.91 Å². The molecule has 0 amide bonds. The Bertz CT molecular complexity index is 1090. The molecule has 4 rings (SSSR count). The summed E-state index contributed by atoms with van der Waals surface area (Å²) in [7, 11) is 0. The number of aromatic nitrogens is 3. The van der Waals surface area contributed by atoms with Gasteiger partial charge in [-0.25, -0.2) is 0 Å². The van der Waals surface area contributed by atoms with Crippen LogP contribution in [0.1, 0.15) is 21.5 Å². The van der Waals surface area contributed by atoms with Gasteiger partial charge in [0.05, 0.1) is 5.69 Å². The molecule has 28 heavy (non-hydrogen) atoms. The Hall–Kier alpha value is -3.73. The highest BCUT2D eigenvalue weighted by atomic mass is 16.2. The third kappa shape index (κ3) is 3.69. The van der Waals surface area contributed by atoms with Crippen LogP contribution in [0, 0.1) is 6.92 Å². The van der Waals surface area contributed by atoms with Gasteiger partial charge in [-0.2, -0.15) is 9.78 Å². The van der Waals surface area contributed by atoms with Crippen LogP contribution in [0.4, 0.5) is 5.82 Å². The second kappa shape index (κ2) is 7.88. The van der Waals surface area contributed by atoms with Crippen molar-refractivity contribution in [1.82, 2.24) is 14.8 Å². The van der Waals surface area contributed by atoms with Gasteiger partial charge >= 0.3 is 0 Å². The van der Waals surface area contributed by atoms with Crippen LogP contribution in [0.3, 0.4) is 0 Å². The molecule has 5 heteroatoms. The van der Waals surface area contributed by atoms with Gasteiger partial charge in [-0.15, -0.1) is 0 Å². The SMILES string of the molecule is Cc1ccccc1C(=O)n1nc(-c2ccccn2)cc1NCc1ccccc1. The molecule has 2 heterocycles. The molecule has 0 saturated carbocycles. The van der Waals surface area contributed by atoms with Crippen LogP contribution in [0.2, 0.25) is 0 Å². The Labute approximate surface area is 163 Å². The fraction of sp³-hybridized carbons (Fsp3) is 0.0870. The van der Waals surface area contributed by atoms with Crippen molar-refractivity contribution in [2.45, 2.75) is 13.5 Å². The van der Waals surface area contributed by atoms with Gasteiger partial charge in [-0.1, -0.05) is 54.6 Å². The molecule has 5 nitrogen and oxygen atoms in total. The van der Waals surface area contributed by atoms with E-state index in [1.165, 1.54) is 4.68 Å². The predicted molar refractivity (Wildman–Crippen MR) is 110 cm³/mol. The highest BCUT2D eigenvalue weighted by Gasteiger charge is 2.18. The number of hydrogen-bond acceptors (Lipinski definition) is 4. The Kier molecular flexibility index (Phi) is 4.97. The predicted octanol–water partition coefficient (Wildman–Crippen LogP) is 4.55. The second-order valence-electron chi connectivity index (χ2n) is 6.50. The lowest BCUT2D eigenvalue weighted by atomic mass is 10.1. The van der Waals surface area contributed by atoms with Crippen molar-refractivity contribution < 1.29 is 4.79 Å². The van der Waals surface area contributed by atoms with Crippen LogP contribution in [-0.4, -0.2) is 20.7 Å². The van der Waals surface area contributed by atoms with Crippen LogP contribution < -0.4 is 5.32 Å². The summed E-state index contributed by atoms with van der Waals surface area (Å²) in [5.41, 5.74) is 4.04. The Morgan fingerprint density at radius 2 is 1.68 bits per heavy atom. The molecule has 0 bridgehead atoms. The lowest BCUT2D eigenvalue weighted by Gasteiger charge is -2.10. The second-order valence-corrected chi connectivity index (χ2v) is 6.50. The van der Waals surface area contributed by atoms with E-state index in [0.717, 1.165) is 16.8 Å². The summed E-state index contributed by atoms with van der Waals surface area (Å²) in [6, 6.07) is 25.1. The fourth-order valence-corrected chi connectivity index (χ4v) is 3.02. The maximum Gasteiger partial charge on any atom is 0.280 e. The number of rotatable bonds is 5. The highest BCUT2D eigenvalue weighted by molar-refractivity contribution is 5.98. The van der Waals surface area contributed by atoms with Crippen LogP contribution in [0.15, 0.2) is 85.1 Å². The lowest BCUT2D eigenvalue weighted by Crippen LogP contribution is -2.18. The van der Waals surface area contributed by atoms with E-state index in [2.05, 4.69) is 15.4 Å². The lowest BCUT2D eigenvalue weighted by molar-refractivity contribution is 0.0947. The number of nitrogens with zero attached hydrogens (tertiary/aromatic N) is 3. The van der Waals surface area contributed by atoms with Crippen molar-refractivity contribution in [3.05, 3.63) is 102 Å². The molecule has 2 aromatic heterocycles. The van der Waals surface area contributed by atoms with Crippen LogP contribution >= 0.6 is 0 Å². The monoisotopic (exact) mass is 368 g/mol. The standard InChI is InChI=1S/C23H20N4O/c1-17-9-5-6-12-19(17)23(28)27-22(25-16-18-10-3-2-4-11-18)15-21(26-27)20-13-7-8-14-24-20/h2-15,25H,16H2,1H3. The number of anilines is 1. The fourth-order valence-electron chi connectivity index (χ4n) is 3.02. The molecule has 1 N–H and O–H groups in total. The maximum atomic E-state index is 13.2. The summed E-state index contributed by atoms with van der Waals surface area (Å²) in [5.74, 6) is 0.466. The van der Waals surface area contributed by atoms with Crippen molar-refractivity contribution in [1.29, 1.82) is 0 Å². The summed E-state index contributed by atoms with van der Waals surface area (Å²) in [4.78, 5) is 17.5. The van der Waals surface area contributed by atoms with Crippen molar-refractivity contribution in [2.24, 2.45) is 0 Å². The highest BCUT2D eigenvalue weighted by Crippen LogP contribution is 2.22. The summed E-state index contributed by atoms with van der Waals surface area (Å²) < 4.78 is 1.43. The minimum atomic E-state index is -0.171. The summed E-state index contributed by atoms with van der Waals surface area (Å²) in [6.07, 6.45) is 1.72. The van der Waals surface area contributed by atoms with E-state index < -0.39 is 0 Å². The molecule has 0 spiro atoms. The normalized spacial score (nSPS) is 10.6. The van der Waals surface area contributed by atoms with E-state index in [1.807, 2.05) is 85.8 Å². The molecule has 0 aliphatic heterocycles. The largest absolute Gasteiger partial charge is 0.366 e. The third-order valence-corrected chi connectivity index (χ3v) is 4.52. The number of nitrogens with one attached hydrogen (secondary N) is 1. The number of pyridine rings is 1. The number of hydrogen-bond donors (Lipinski definition) is 1. The molecular weight excluding hydrogens is 348 g/mol. The van der Waals surface area contributed by atoms with Gasteiger partial charge in [0.1, 0.15) is 11.5 Å². The van der Waals surface area contributed by atoms with E-state index in [0.29, 0.717) is 23.6 Å². The average molecular weight is 368 g/mol. The van der Waals surface area contributed by atoms with Crippen LogP contribution in [-0.2, 0) is 6.54 Å². The molecule has 0 fully saturated rings. The van der Waals surface area contributed by atoms with E-state index >= 15 is 0 Å². The first-order valence-corrected chi connectivity index (χ1v) is 9.12. The van der Waals surface area contributed by atoms with Gasteiger partial charge in [-0.05, 0) is 36.2 Å². The summed E-state index contributed by atoms with van der Waals surface area (Å²) in [5, 5.41) is 7.89. The van der Waals surface area contributed by atoms with Crippen molar-refractivity contribution in [3.8, 4) is 11.4 Å². The maximum absolute atomic E-state index is 13.2. The van der Waals surface area contributed by atoms with Gasteiger partial charge in [0.15, 0.2) is 0 Å². The minimum Gasteiger partial charge on any atom is -0.366 e. The number of carbonyl (C=O) groups excluding carboxylic acids is 1. The topological polar surface area (TPSA) is 59.8 Å². The molecule has 4 aromatic rings. The van der Waals surface area contributed by atoms with Gasteiger partial charge < -0.3 is 5.32 Å². The molecule has 0 atom stereocenters. The number of aryl methyl sites for hydroxylation is 1. The Morgan fingerprint density at radius 3 is 2.43 bits per heavy atom. The van der Waals surface area contributed by atoms with Crippen molar-refractivity contribution in [3.63, 3.8) is 0 Å². The Morgan fingerprint density at radius 1 is 0.929 bits per heavy atom. The van der Waals surface area contributed by atoms with Crippen molar-refractivity contribution in [2.75, 3.05) is 5.32 Å². The molecule has 0 saturated heterocycles. The third-order valence-electron chi connectivity index (χ3n) is 4.52. The zero-order chi connectivity index (χ0) is 19.3. The summed E-state index contributed by atoms with van der Waals surface area (Å²) >= 11 is 0. The van der Waals surface area contributed by atoms with Gasteiger partial charge in [0, 0.05) is 24.4 Å². The first kappa shape index (κ1) is 17.7. The Balaban J connectivity index is 1.71. The molecule has 0 aliphatic rings. The molecule has 0 radical (unpaired) electrons. The molecule has 138 valence electrons. The van der Waals surface area contributed by atoms with E-state index in [9.17, 15) is 4.79 Å². The van der Waals surface area contributed by atoms with Gasteiger partial charge in [-0.3, -0.25) is 9.78 Å². The molecule has 2 aromatic carbocycles. The van der Waals surface area contributed by atoms with Crippen LogP contribution in [0.5, 0.6) is 0 Å². The van der Waals surface area contributed by atoms with E-state index in [1.54, 1.807) is 6.20 Å². The zero-order valence-corrected chi connectivity index (χ0v) is 15.5. The minimum absolute atomic E-state index is 0.171. The van der Waals surface area contributed by atoms with Crippen LogP contribution in [0.25, 0.3) is 11.4 Å². The zero-order valence-electron chi connectivity index (χ0n) is 15.5. The van der Waals surface area contributed by atoms with Gasteiger partial charge in [0.2, 0.25) is 0 Å². The number of benzene rings is 2. The van der Waals surface area contributed by atoms with Crippen molar-refractivity contribution >= 4 is 11.7 Å². The molecular formula is C23H20N4O. The molecule has 0 unspecified atom stereocenters. The van der Waals surface area contributed by atoms with Gasteiger partial charge in [0.25, 0.3) is 5.91 Å². The quantitative estimate of drug-likeness (QED) is 0.561.